The van der Waals surface area contributed by atoms with Gasteiger partial charge in [0.15, 0.2) is 0 Å². The predicted octanol–water partition coefficient (Wildman–Crippen LogP) is 0.937. The fourth-order valence-electron chi connectivity index (χ4n) is 1.18. The quantitative estimate of drug-likeness (QED) is 0.688. The van der Waals surface area contributed by atoms with Crippen LogP contribution in [0.15, 0.2) is 34.6 Å². The lowest BCUT2D eigenvalue weighted by atomic mass is 10.1. The smallest absolute Gasteiger partial charge is 0.122 e. The van der Waals surface area contributed by atoms with Gasteiger partial charge >= 0.3 is 0 Å². The van der Waals surface area contributed by atoms with Crippen molar-refractivity contribution in [1.82, 2.24) is 4.98 Å². The summed E-state index contributed by atoms with van der Waals surface area (Å²) in [6, 6.07) is 5.74. The van der Waals surface area contributed by atoms with Crippen LogP contribution in [0.2, 0.25) is 0 Å². The third kappa shape index (κ3) is 1.72. The van der Waals surface area contributed by atoms with Crippen LogP contribution >= 0.6 is 0 Å². The molecule has 0 saturated heterocycles. The molecule has 0 aliphatic carbocycles. The van der Waals surface area contributed by atoms with E-state index in [0.29, 0.717) is 5.84 Å². The summed E-state index contributed by atoms with van der Waals surface area (Å²) in [6.07, 6.45) is 3.35. The highest BCUT2D eigenvalue weighted by atomic mass is 15.2. The number of aromatic nitrogens is 1. The fourth-order valence-corrected chi connectivity index (χ4v) is 1.18. The summed E-state index contributed by atoms with van der Waals surface area (Å²) in [5.74, 6) is 0.597. The van der Waals surface area contributed by atoms with Crippen molar-refractivity contribution in [3.63, 3.8) is 0 Å². The van der Waals surface area contributed by atoms with E-state index in [1.807, 2.05) is 18.2 Å². The number of hydrogen-bond acceptors (Lipinski definition) is 4. The van der Waals surface area contributed by atoms with E-state index in [9.17, 15) is 0 Å². The molecule has 0 fully saturated rings. The number of amidine groups is 1. The number of nitrogens with zero attached hydrogens (tertiary/aromatic N) is 3. The molecule has 0 bridgehead atoms. The summed E-state index contributed by atoms with van der Waals surface area (Å²) in [6.45, 7) is 0. The van der Waals surface area contributed by atoms with Crippen LogP contribution in [0.3, 0.4) is 0 Å². The van der Waals surface area contributed by atoms with Gasteiger partial charge in [0.05, 0.1) is 11.4 Å². The summed E-state index contributed by atoms with van der Waals surface area (Å²) in [5.41, 5.74) is 7.30. The van der Waals surface area contributed by atoms with Gasteiger partial charge in [-0.3, -0.25) is 4.98 Å². The molecular formula is C9H10N4. The van der Waals surface area contributed by atoms with Crippen LogP contribution < -0.4 is 5.73 Å². The second-order valence-electron chi connectivity index (χ2n) is 2.85. The first-order chi connectivity index (χ1) is 6.36. The molecule has 13 heavy (non-hydrogen) atoms. The highest BCUT2D eigenvalue weighted by molar-refractivity contribution is 6.02. The van der Waals surface area contributed by atoms with Gasteiger partial charge in [0.1, 0.15) is 5.84 Å². The number of pyridine rings is 1. The molecule has 4 nitrogen and oxygen atoms in total. The predicted molar refractivity (Wildman–Crippen MR) is 51.6 cm³/mol. The van der Waals surface area contributed by atoms with Crippen LogP contribution in [0.4, 0.5) is 0 Å². The molecule has 0 atom stereocenters. The SMILES string of the molecule is NC1=NN=C(c2ccccn2)CC1. The van der Waals surface area contributed by atoms with Crippen molar-refractivity contribution in [2.75, 3.05) is 0 Å². The normalized spacial score (nSPS) is 16.3. The van der Waals surface area contributed by atoms with Crippen LogP contribution in [0, 0.1) is 0 Å². The Morgan fingerprint density at radius 1 is 1.15 bits per heavy atom. The monoisotopic (exact) mass is 174 g/mol. The molecule has 2 N–H and O–H groups in total. The van der Waals surface area contributed by atoms with Crippen LogP contribution in [0.1, 0.15) is 18.5 Å². The lowest BCUT2D eigenvalue weighted by Gasteiger charge is -2.07. The largest absolute Gasteiger partial charge is 0.386 e. The van der Waals surface area contributed by atoms with E-state index in [1.165, 1.54) is 0 Å². The van der Waals surface area contributed by atoms with Crippen LogP contribution in [-0.4, -0.2) is 16.5 Å². The first-order valence-electron chi connectivity index (χ1n) is 4.16. The molecule has 2 heterocycles. The van der Waals surface area contributed by atoms with E-state index in [2.05, 4.69) is 15.2 Å². The van der Waals surface area contributed by atoms with E-state index in [4.69, 9.17) is 5.73 Å². The van der Waals surface area contributed by atoms with Crippen molar-refractivity contribution < 1.29 is 0 Å². The third-order valence-electron chi connectivity index (χ3n) is 1.88. The Morgan fingerprint density at radius 2 is 2.08 bits per heavy atom. The van der Waals surface area contributed by atoms with Gasteiger partial charge in [-0.1, -0.05) is 6.07 Å². The maximum absolute atomic E-state index is 5.50. The molecule has 2 rings (SSSR count). The van der Waals surface area contributed by atoms with Crippen LogP contribution in [-0.2, 0) is 0 Å². The van der Waals surface area contributed by atoms with Gasteiger partial charge in [-0.05, 0) is 12.1 Å². The van der Waals surface area contributed by atoms with Gasteiger partial charge in [0, 0.05) is 19.0 Å². The molecule has 0 aromatic carbocycles. The zero-order valence-corrected chi connectivity index (χ0v) is 7.14. The third-order valence-corrected chi connectivity index (χ3v) is 1.88. The Morgan fingerprint density at radius 3 is 2.69 bits per heavy atom. The van der Waals surface area contributed by atoms with Crippen molar-refractivity contribution >= 4 is 11.5 Å². The summed E-state index contributed by atoms with van der Waals surface area (Å²) in [5, 5.41) is 7.83. The molecule has 1 aliphatic rings. The number of nitrogens with two attached hydrogens (primary N) is 1. The first-order valence-corrected chi connectivity index (χ1v) is 4.16. The molecule has 0 amide bonds. The van der Waals surface area contributed by atoms with Crippen molar-refractivity contribution in [3.8, 4) is 0 Å². The Bertz CT molecular complexity index is 353. The molecule has 4 heteroatoms. The Labute approximate surface area is 76.2 Å². The lowest BCUT2D eigenvalue weighted by molar-refractivity contribution is 1.01. The molecule has 1 aromatic rings. The van der Waals surface area contributed by atoms with Gasteiger partial charge in [-0.25, -0.2) is 0 Å². The van der Waals surface area contributed by atoms with E-state index < -0.39 is 0 Å². The maximum Gasteiger partial charge on any atom is 0.122 e. The van der Waals surface area contributed by atoms with E-state index in [1.54, 1.807) is 6.20 Å². The highest BCUT2D eigenvalue weighted by Crippen LogP contribution is 2.08. The zero-order valence-electron chi connectivity index (χ0n) is 7.14. The highest BCUT2D eigenvalue weighted by Gasteiger charge is 2.09. The van der Waals surface area contributed by atoms with Crippen LogP contribution in [0.25, 0.3) is 0 Å². The van der Waals surface area contributed by atoms with E-state index in [-0.39, 0.29) is 0 Å². The minimum Gasteiger partial charge on any atom is -0.386 e. The molecule has 0 saturated carbocycles. The van der Waals surface area contributed by atoms with Gasteiger partial charge in [-0.15, -0.1) is 5.10 Å². The Hall–Kier alpha value is -1.71. The lowest BCUT2D eigenvalue weighted by Crippen LogP contribution is -2.18. The number of hydrogen-bond donors (Lipinski definition) is 1. The molecule has 0 unspecified atom stereocenters. The second kappa shape index (κ2) is 3.35. The molecule has 0 spiro atoms. The Kier molecular flexibility index (Phi) is 2.04. The summed E-state index contributed by atoms with van der Waals surface area (Å²) < 4.78 is 0. The summed E-state index contributed by atoms with van der Waals surface area (Å²) in [4.78, 5) is 4.19. The molecular weight excluding hydrogens is 164 g/mol. The first kappa shape index (κ1) is 7.91. The van der Waals surface area contributed by atoms with Crippen molar-refractivity contribution in [3.05, 3.63) is 30.1 Å². The van der Waals surface area contributed by atoms with Gasteiger partial charge in [0.2, 0.25) is 0 Å². The van der Waals surface area contributed by atoms with Gasteiger partial charge in [0.25, 0.3) is 0 Å². The fraction of sp³-hybridized carbons (Fsp3) is 0.222. The minimum absolute atomic E-state index is 0.597. The summed E-state index contributed by atoms with van der Waals surface area (Å²) in [7, 11) is 0. The molecule has 1 aliphatic heterocycles. The van der Waals surface area contributed by atoms with Gasteiger partial charge < -0.3 is 5.73 Å². The second-order valence-corrected chi connectivity index (χ2v) is 2.85. The van der Waals surface area contributed by atoms with Crippen molar-refractivity contribution in [2.45, 2.75) is 12.8 Å². The van der Waals surface area contributed by atoms with Gasteiger partial charge in [-0.2, -0.15) is 5.10 Å². The minimum atomic E-state index is 0.597. The molecule has 66 valence electrons. The number of rotatable bonds is 1. The van der Waals surface area contributed by atoms with Crippen molar-refractivity contribution in [2.24, 2.45) is 15.9 Å². The molecule has 1 aromatic heterocycles. The van der Waals surface area contributed by atoms with E-state index >= 15 is 0 Å². The van der Waals surface area contributed by atoms with Crippen LogP contribution in [0.5, 0.6) is 0 Å². The standard InChI is InChI=1S/C9H10N4/c10-9-5-4-8(12-13-9)7-3-1-2-6-11-7/h1-3,6H,4-5H2,(H2,10,13). The summed E-state index contributed by atoms with van der Waals surface area (Å²) >= 11 is 0. The Balaban J connectivity index is 2.29. The average Bonchev–Trinajstić information content (AvgIpc) is 2.20. The zero-order chi connectivity index (χ0) is 9.10. The topological polar surface area (TPSA) is 63.6 Å². The average molecular weight is 174 g/mol. The van der Waals surface area contributed by atoms with Crippen molar-refractivity contribution in [1.29, 1.82) is 0 Å². The van der Waals surface area contributed by atoms with E-state index in [0.717, 1.165) is 24.2 Å². The maximum atomic E-state index is 5.50. The molecule has 0 radical (unpaired) electrons.